The molecule has 1 aromatic carbocycles. The van der Waals surface area contributed by atoms with Gasteiger partial charge in [0, 0.05) is 55.1 Å². The lowest BCUT2D eigenvalue weighted by Crippen LogP contribution is -2.44. The van der Waals surface area contributed by atoms with E-state index >= 15 is 0 Å². The summed E-state index contributed by atoms with van der Waals surface area (Å²) in [5.74, 6) is -1.47. The number of nitrogens with zero attached hydrogens (tertiary/aromatic N) is 2. The van der Waals surface area contributed by atoms with Crippen LogP contribution in [0.15, 0.2) is 42.7 Å². The van der Waals surface area contributed by atoms with E-state index in [0.29, 0.717) is 18.8 Å². The lowest BCUT2D eigenvalue weighted by atomic mass is 10.1. The van der Waals surface area contributed by atoms with Gasteiger partial charge in [0.05, 0.1) is 12.1 Å². The number of hydrogen-bond donors (Lipinski definition) is 2. The Kier molecular flexibility index (Phi) is 5.29. The minimum absolute atomic E-state index is 0.0214. The number of aromatic nitrogens is 2. The number of ether oxygens (including phenoxy) is 1. The molecule has 3 aromatic rings. The average molecular weight is 400 g/mol. The highest BCUT2D eigenvalue weighted by atomic mass is 19.1. The smallest absolute Gasteiger partial charge is 0.270 e. The standard InChI is InChI=1S/C21H22F2N4O2/c1-12(19-14(22)4-3-5-15(19)23)27-10-17(18(11-27)29-2)26-21(28)20-13-6-8-24-16(13)7-9-25-20/h3-9,12,17-18,24H,10-11H2,1-2H3,(H,26,28)/t12?,17-,18-/m1/s1. The summed E-state index contributed by atoms with van der Waals surface area (Å²) < 4.78 is 33.9. The molecule has 0 saturated carbocycles. The normalized spacial score (nSPS) is 20.8. The Bertz CT molecular complexity index is 1020. The predicted octanol–water partition coefficient (Wildman–Crippen LogP) is 3.03. The molecule has 0 radical (unpaired) electrons. The zero-order valence-electron chi connectivity index (χ0n) is 16.2. The number of halogens is 2. The quantitative estimate of drug-likeness (QED) is 0.691. The van der Waals surface area contributed by atoms with E-state index in [-0.39, 0.29) is 23.6 Å². The van der Waals surface area contributed by atoms with Gasteiger partial charge in [-0.25, -0.2) is 8.78 Å². The van der Waals surface area contributed by atoms with Gasteiger partial charge in [0.15, 0.2) is 0 Å². The summed E-state index contributed by atoms with van der Waals surface area (Å²) in [5.41, 5.74) is 1.17. The van der Waals surface area contributed by atoms with Crippen LogP contribution in [0.4, 0.5) is 8.78 Å². The first-order valence-corrected chi connectivity index (χ1v) is 9.43. The van der Waals surface area contributed by atoms with Crippen molar-refractivity contribution in [1.29, 1.82) is 0 Å². The Morgan fingerprint density at radius 2 is 2.03 bits per heavy atom. The largest absolute Gasteiger partial charge is 0.378 e. The molecule has 1 unspecified atom stereocenters. The number of H-pyrrole nitrogens is 1. The van der Waals surface area contributed by atoms with E-state index in [2.05, 4.69) is 15.3 Å². The van der Waals surface area contributed by atoms with Gasteiger partial charge in [-0.2, -0.15) is 0 Å². The fraction of sp³-hybridized carbons (Fsp3) is 0.333. The maximum atomic E-state index is 14.2. The molecule has 0 spiro atoms. The fourth-order valence-electron chi connectivity index (χ4n) is 3.99. The molecule has 2 aromatic heterocycles. The number of hydrogen-bond acceptors (Lipinski definition) is 4. The second kappa shape index (κ2) is 7.88. The van der Waals surface area contributed by atoms with E-state index in [0.717, 1.165) is 10.9 Å². The van der Waals surface area contributed by atoms with Crippen LogP contribution in [0.25, 0.3) is 10.9 Å². The van der Waals surface area contributed by atoms with Crippen molar-refractivity contribution >= 4 is 16.8 Å². The van der Waals surface area contributed by atoms with Crippen molar-refractivity contribution < 1.29 is 18.3 Å². The van der Waals surface area contributed by atoms with Crippen LogP contribution in [-0.4, -0.2) is 53.1 Å². The van der Waals surface area contributed by atoms with Gasteiger partial charge in [-0.1, -0.05) is 6.07 Å². The summed E-state index contributed by atoms with van der Waals surface area (Å²) in [6, 6.07) is 6.62. The number of amides is 1. The predicted molar refractivity (Wildman–Crippen MR) is 104 cm³/mol. The number of rotatable bonds is 5. The third-order valence-electron chi connectivity index (χ3n) is 5.57. The highest BCUT2D eigenvalue weighted by Gasteiger charge is 2.38. The summed E-state index contributed by atoms with van der Waals surface area (Å²) in [5, 5.41) is 3.71. The van der Waals surface area contributed by atoms with E-state index in [1.807, 2.05) is 4.90 Å². The van der Waals surface area contributed by atoms with Gasteiger partial charge in [-0.15, -0.1) is 0 Å². The van der Waals surface area contributed by atoms with Crippen LogP contribution in [0.1, 0.15) is 29.0 Å². The summed E-state index contributed by atoms with van der Waals surface area (Å²) >= 11 is 0. The number of carbonyl (C=O) groups excluding carboxylic acids is 1. The number of benzene rings is 1. The SMILES string of the molecule is CO[C@@H]1CN(C(C)c2c(F)cccc2F)C[C@H]1NC(=O)c1nccc2[nH]ccc12. The number of likely N-dealkylation sites (tertiary alicyclic amines) is 1. The minimum atomic E-state index is -0.581. The van der Waals surface area contributed by atoms with Crippen LogP contribution >= 0.6 is 0 Å². The Morgan fingerprint density at radius 3 is 2.76 bits per heavy atom. The van der Waals surface area contributed by atoms with E-state index in [9.17, 15) is 13.6 Å². The Balaban J connectivity index is 1.53. The van der Waals surface area contributed by atoms with Crippen LogP contribution in [-0.2, 0) is 4.74 Å². The summed E-state index contributed by atoms with van der Waals surface area (Å²) in [7, 11) is 1.56. The van der Waals surface area contributed by atoms with Gasteiger partial charge in [-0.3, -0.25) is 14.7 Å². The maximum absolute atomic E-state index is 14.2. The second-order valence-corrected chi connectivity index (χ2v) is 7.22. The Labute approximate surface area is 166 Å². The van der Waals surface area contributed by atoms with Gasteiger partial charge < -0.3 is 15.0 Å². The van der Waals surface area contributed by atoms with E-state index in [4.69, 9.17) is 4.74 Å². The number of carbonyl (C=O) groups is 1. The van der Waals surface area contributed by atoms with Crippen LogP contribution in [0.5, 0.6) is 0 Å². The van der Waals surface area contributed by atoms with Crippen molar-refractivity contribution in [2.45, 2.75) is 25.1 Å². The molecule has 1 amide bonds. The third-order valence-corrected chi connectivity index (χ3v) is 5.57. The second-order valence-electron chi connectivity index (χ2n) is 7.22. The molecule has 8 heteroatoms. The molecule has 6 nitrogen and oxygen atoms in total. The van der Waals surface area contributed by atoms with Crippen LogP contribution in [0.3, 0.4) is 0 Å². The fourth-order valence-corrected chi connectivity index (χ4v) is 3.99. The van der Waals surface area contributed by atoms with Gasteiger partial charge in [0.1, 0.15) is 17.3 Å². The molecule has 0 aliphatic carbocycles. The van der Waals surface area contributed by atoms with Crippen LogP contribution in [0.2, 0.25) is 0 Å². The van der Waals surface area contributed by atoms with Crippen LogP contribution in [0, 0.1) is 11.6 Å². The molecule has 0 bridgehead atoms. The zero-order chi connectivity index (χ0) is 20.5. The van der Waals surface area contributed by atoms with Crippen molar-refractivity contribution in [2.24, 2.45) is 0 Å². The summed E-state index contributed by atoms with van der Waals surface area (Å²) in [6.07, 6.45) is 3.02. The van der Waals surface area contributed by atoms with Gasteiger partial charge in [0.25, 0.3) is 5.91 Å². The van der Waals surface area contributed by atoms with Crippen molar-refractivity contribution in [2.75, 3.05) is 20.2 Å². The minimum Gasteiger partial charge on any atom is -0.378 e. The van der Waals surface area contributed by atoms with Gasteiger partial charge in [0.2, 0.25) is 0 Å². The number of pyridine rings is 1. The number of aromatic amines is 1. The molecule has 1 saturated heterocycles. The summed E-state index contributed by atoms with van der Waals surface area (Å²) in [6.45, 7) is 2.60. The Morgan fingerprint density at radius 1 is 1.28 bits per heavy atom. The highest BCUT2D eigenvalue weighted by molar-refractivity contribution is 6.04. The summed E-state index contributed by atoms with van der Waals surface area (Å²) in [4.78, 5) is 22.0. The monoisotopic (exact) mass is 400 g/mol. The number of methoxy groups -OCH3 is 1. The van der Waals surface area contributed by atoms with Crippen LogP contribution < -0.4 is 5.32 Å². The van der Waals surface area contributed by atoms with Gasteiger partial charge >= 0.3 is 0 Å². The zero-order valence-corrected chi connectivity index (χ0v) is 16.2. The van der Waals surface area contributed by atoms with Crippen molar-refractivity contribution in [3.05, 3.63) is 65.6 Å². The topological polar surface area (TPSA) is 70.2 Å². The molecule has 3 atom stereocenters. The lowest BCUT2D eigenvalue weighted by Gasteiger charge is -2.25. The molecule has 1 fully saturated rings. The number of nitrogens with one attached hydrogen (secondary N) is 2. The molecule has 2 N–H and O–H groups in total. The van der Waals surface area contributed by atoms with Crippen molar-refractivity contribution in [1.82, 2.24) is 20.2 Å². The van der Waals surface area contributed by atoms with E-state index < -0.39 is 17.7 Å². The molecule has 4 rings (SSSR count). The maximum Gasteiger partial charge on any atom is 0.270 e. The lowest BCUT2D eigenvalue weighted by molar-refractivity contribution is 0.0747. The molecule has 1 aliphatic rings. The molecular weight excluding hydrogens is 378 g/mol. The van der Waals surface area contributed by atoms with Crippen molar-refractivity contribution in [3.8, 4) is 0 Å². The molecular formula is C21H22F2N4O2. The van der Waals surface area contributed by atoms with Crippen molar-refractivity contribution in [3.63, 3.8) is 0 Å². The van der Waals surface area contributed by atoms with E-state index in [1.165, 1.54) is 18.2 Å². The van der Waals surface area contributed by atoms with E-state index in [1.54, 1.807) is 38.6 Å². The first-order valence-electron chi connectivity index (χ1n) is 9.43. The molecule has 1 aliphatic heterocycles. The Hall–Kier alpha value is -2.84. The highest BCUT2D eigenvalue weighted by Crippen LogP contribution is 2.29. The first-order chi connectivity index (χ1) is 14.0. The first kappa shape index (κ1) is 19.5. The third kappa shape index (κ3) is 3.61. The van der Waals surface area contributed by atoms with Gasteiger partial charge in [-0.05, 0) is 31.2 Å². The molecule has 29 heavy (non-hydrogen) atoms. The molecule has 152 valence electrons. The number of fused-ring (bicyclic) bond motifs is 1. The molecule has 3 heterocycles. The average Bonchev–Trinajstić information content (AvgIpc) is 3.34.